The molecule has 0 radical (unpaired) electrons. The lowest BCUT2D eigenvalue weighted by Gasteiger charge is -2.36. The van der Waals surface area contributed by atoms with E-state index in [0.717, 1.165) is 18.9 Å². The average Bonchev–Trinajstić information content (AvgIpc) is 2.74. The van der Waals surface area contributed by atoms with Gasteiger partial charge in [0.25, 0.3) is 5.91 Å². The maximum atomic E-state index is 14.0. The van der Waals surface area contributed by atoms with Crippen LogP contribution >= 0.6 is 0 Å². The molecule has 0 aliphatic carbocycles. The topological polar surface area (TPSA) is 39.7 Å². The van der Waals surface area contributed by atoms with Gasteiger partial charge in [0, 0.05) is 45.5 Å². The molecular formula is C22H27FN4O. The van der Waals surface area contributed by atoms with Gasteiger partial charge in [-0.3, -0.25) is 4.79 Å². The lowest BCUT2D eigenvalue weighted by atomic mass is 10.0. The number of pyridine rings is 1. The van der Waals surface area contributed by atoms with Crippen molar-refractivity contribution in [3.63, 3.8) is 0 Å². The number of benzene rings is 1. The molecule has 2 aliphatic rings. The van der Waals surface area contributed by atoms with E-state index in [0.29, 0.717) is 43.3 Å². The Bertz CT molecular complexity index is 818. The van der Waals surface area contributed by atoms with E-state index in [-0.39, 0.29) is 11.7 Å². The number of piperazine rings is 1. The minimum absolute atomic E-state index is 0.000698. The Morgan fingerprint density at radius 3 is 2.50 bits per heavy atom. The molecule has 5 nitrogen and oxygen atoms in total. The lowest BCUT2D eigenvalue weighted by molar-refractivity contribution is 0.0746. The van der Waals surface area contributed by atoms with Crippen LogP contribution in [0.2, 0.25) is 0 Å². The molecule has 1 atom stereocenters. The second kappa shape index (κ2) is 8.17. The third-order valence-corrected chi connectivity index (χ3v) is 5.74. The minimum atomic E-state index is -0.214. The van der Waals surface area contributed by atoms with Crippen molar-refractivity contribution in [1.29, 1.82) is 0 Å². The van der Waals surface area contributed by atoms with E-state index in [4.69, 9.17) is 0 Å². The molecule has 2 saturated heterocycles. The number of carbonyl (C=O) groups is 1. The maximum Gasteiger partial charge on any atom is 0.255 e. The van der Waals surface area contributed by atoms with E-state index in [1.807, 2.05) is 28.0 Å². The van der Waals surface area contributed by atoms with E-state index in [1.54, 1.807) is 18.3 Å². The fraction of sp³-hybridized carbons (Fsp3) is 0.455. The highest BCUT2D eigenvalue weighted by Gasteiger charge is 2.24. The van der Waals surface area contributed by atoms with Gasteiger partial charge >= 0.3 is 0 Å². The van der Waals surface area contributed by atoms with Gasteiger partial charge in [-0.25, -0.2) is 9.37 Å². The van der Waals surface area contributed by atoms with Gasteiger partial charge in [0.15, 0.2) is 0 Å². The zero-order valence-corrected chi connectivity index (χ0v) is 16.4. The summed E-state index contributed by atoms with van der Waals surface area (Å²) < 4.78 is 14.0. The summed E-state index contributed by atoms with van der Waals surface area (Å²) >= 11 is 0. The number of hydrogen-bond acceptors (Lipinski definition) is 4. The monoisotopic (exact) mass is 382 g/mol. The van der Waals surface area contributed by atoms with Crippen LogP contribution in [0.3, 0.4) is 0 Å². The smallest absolute Gasteiger partial charge is 0.255 e. The highest BCUT2D eigenvalue weighted by Crippen LogP contribution is 2.23. The van der Waals surface area contributed by atoms with Crippen molar-refractivity contribution in [2.75, 3.05) is 49.1 Å². The number of hydrogen-bond donors (Lipinski definition) is 0. The minimum Gasteiger partial charge on any atom is -0.366 e. The van der Waals surface area contributed by atoms with Crippen molar-refractivity contribution in [3.05, 3.63) is 54.0 Å². The van der Waals surface area contributed by atoms with Crippen molar-refractivity contribution in [1.82, 2.24) is 9.88 Å². The SMILES string of the molecule is CC1CCCN(c2ccc(C(=O)N3CCN(c4ccccc4F)CC3)cn2)C1. The second-order valence-electron chi connectivity index (χ2n) is 7.83. The number of aromatic nitrogens is 1. The molecule has 1 unspecified atom stereocenters. The van der Waals surface area contributed by atoms with Crippen molar-refractivity contribution in [2.45, 2.75) is 19.8 Å². The quantitative estimate of drug-likeness (QED) is 0.816. The number of para-hydroxylation sites is 1. The van der Waals surface area contributed by atoms with Gasteiger partial charge in [0.2, 0.25) is 0 Å². The molecule has 28 heavy (non-hydrogen) atoms. The van der Waals surface area contributed by atoms with E-state index >= 15 is 0 Å². The Balaban J connectivity index is 1.37. The van der Waals surface area contributed by atoms with Gasteiger partial charge in [-0.2, -0.15) is 0 Å². The molecule has 4 rings (SSSR count). The first-order valence-corrected chi connectivity index (χ1v) is 10.1. The van der Waals surface area contributed by atoms with E-state index in [2.05, 4.69) is 16.8 Å². The lowest BCUT2D eigenvalue weighted by Crippen LogP contribution is -2.49. The number of carbonyl (C=O) groups excluding carboxylic acids is 1. The molecule has 3 heterocycles. The van der Waals surface area contributed by atoms with Gasteiger partial charge in [-0.15, -0.1) is 0 Å². The van der Waals surface area contributed by atoms with Crippen LogP contribution in [0.15, 0.2) is 42.6 Å². The summed E-state index contributed by atoms with van der Waals surface area (Å²) in [5.74, 6) is 1.42. The molecule has 0 bridgehead atoms. The third-order valence-electron chi connectivity index (χ3n) is 5.74. The standard InChI is InChI=1S/C22H27FN4O/c1-17-5-4-10-27(16-17)21-9-8-18(15-24-21)22(28)26-13-11-25(12-14-26)20-7-3-2-6-19(20)23/h2-3,6-9,15,17H,4-5,10-14,16H2,1H3. The number of amides is 1. The molecule has 0 saturated carbocycles. The Hall–Kier alpha value is -2.63. The normalized spacial score (nSPS) is 20.4. The number of rotatable bonds is 3. The summed E-state index contributed by atoms with van der Waals surface area (Å²) in [4.78, 5) is 23.5. The Labute approximate surface area is 165 Å². The van der Waals surface area contributed by atoms with E-state index < -0.39 is 0 Å². The van der Waals surface area contributed by atoms with Crippen LogP contribution in [-0.2, 0) is 0 Å². The van der Waals surface area contributed by atoms with Gasteiger partial charge < -0.3 is 14.7 Å². The van der Waals surface area contributed by atoms with Crippen molar-refractivity contribution < 1.29 is 9.18 Å². The number of anilines is 2. The predicted octanol–water partition coefficient (Wildman–Crippen LogP) is 3.42. The summed E-state index contributed by atoms with van der Waals surface area (Å²) in [6, 6.07) is 10.6. The largest absolute Gasteiger partial charge is 0.366 e. The highest BCUT2D eigenvalue weighted by atomic mass is 19.1. The number of halogens is 1. The van der Waals surface area contributed by atoms with Crippen LogP contribution < -0.4 is 9.80 Å². The fourth-order valence-corrected chi connectivity index (χ4v) is 4.14. The number of nitrogens with zero attached hydrogens (tertiary/aromatic N) is 4. The molecule has 2 fully saturated rings. The first-order chi connectivity index (χ1) is 13.6. The summed E-state index contributed by atoms with van der Waals surface area (Å²) in [6.07, 6.45) is 4.15. The van der Waals surface area contributed by atoms with Gasteiger partial charge in [-0.05, 0) is 43.0 Å². The Morgan fingerprint density at radius 1 is 1.04 bits per heavy atom. The Morgan fingerprint density at radius 2 is 1.82 bits per heavy atom. The van der Waals surface area contributed by atoms with Crippen LogP contribution in [-0.4, -0.2) is 55.1 Å². The number of piperidine rings is 1. The van der Waals surface area contributed by atoms with Crippen LogP contribution in [0, 0.1) is 11.7 Å². The molecule has 6 heteroatoms. The summed E-state index contributed by atoms with van der Waals surface area (Å²) in [5.41, 5.74) is 1.23. The van der Waals surface area contributed by atoms with Crippen LogP contribution in [0.1, 0.15) is 30.1 Å². The molecule has 0 N–H and O–H groups in total. The van der Waals surface area contributed by atoms with Crippen LogP contribution in [0.4, 0.5) is 15.9 Å². The maximum absolute atomic E-state index is 14.0. The molecule has 1 amide bonds. The third kappa shape index (κ3) is 3.96. The van der Waals surface area contributed by atoms with Crippen molar-refractivity contribution in [2.24, 2.45) is 5.92 Å². The zero-order chi connectivity index (χ0) is 19.5. The average molecular weight is 382 g/mol. The summed E-state index contributed by atoms with van der Waals surface area (Å²) in [5, 5.41) is 0. The Kier molecular flexibility index (Phi) is 5.46. The molecule has 1 aromatic heterocycles. The van der Waals surface area contributed by atoms with Gasteiger partial charge in [-0.1, -0.05) is 19.1 Å². The first-order valence-electron chi connectivity index (χ1n) is 10.1. The second-order valence-corrected chi connectivity index (χ2v) is 7.83. The van der Waals surface area contributed by atoms with Crippen molar-refractivity contribution in [3.8, 4) is 0 Å². The molecule has 0 spiro atoms. The molecule has 148 valence electrons. The highest BCUT2D eigenvalue weighted by molar-refractivity contribution is 5.94. The first kappa shape index (κ1) is 18.7. The molecular weight excluding hydrogens is 355 g/mol. The summed E-state index contributed by atoms with van der Waals surface area (Å²) in [7, 11) is 0. The fourth-order valence-electron chi connectivity index (χ4n) is 4.14. The van der Waals surface area contributed by atoms with Gasteiger partial charge in [0.1, 0.15) is 11.6 Å². The van der Waals surface area contributed by atoms with E-state index in [1.165, 1.54) is 18.9 Å². The van der Waals surface area contributed by atoms with Crippen LogP contribution in [0.25, 0.3) is 0 Å². The molecule has 2 aromatic rings. The predicted molar refractivity (Wildman–Crippen MR) is 109 cm³/mol. The summed E-state index contributed by atoms with van der Waals surface area (Å²) in [6.45, 7) is 6.75. The van der Waals surface area contributed by atoms with E-state index in [9.17, 15) is 9.18 Å². The van der Waals surface area contributed by atoms with Crippen molar-refractivity contribution >= 4 is 17.4 Å². The molecule has 1 aromatic carbocycles. The zero-order valence-electron chi connectivity index (χ0n) is 16.4. The van der Waals surface area contributed by atoms with Gasteiger partial charge in [0.05, 0.1) is 11.3 Å². The van der Waals surface area contributed by atoms with Crippen LogP contribution in [0.5, 0.6) is 0 Å². The molecule has 2 aliphatic heterocycles.